The Morgan fingerprint density at radius 2 is 1.84 bits per heavy atom. The van der Waals surface area contributed by atoms with Crippen LogP contribution in [-0.2, 0) is 22.9 Å². The van der Waals surface area contributed by atoms with Gasteiger partial charge in [0.2, 0.25) is 10.0 Å². The highest BCUT2D eigenvalue weighted by Crippen LogP contribution is 2.35. The summed E-state index contributed by atoms with van der Waals surface area (Å²) < 4.78 is 52.5. The lowest BCUT2D eigenvalue weighted by Gasteiger charge is -2.19. The number of hydrogen-bond acceptors (Lipinski definition) is 4. The van der Waals surface area contributed by atoms with E-state index in [0.717, 1.165) is 23.6 Å². The van der Waals surface area contributed by atoms with Gasteiger partial charge >= 0.3 is 0 Å². The van der Waals surface area contributed by atoms with Gasteiger partial charge in [0.15, 0.2) is 0 Å². The summed E-state index contributed by atoms with van der Waals surface area (Å²) in [7, 11) is -3.93. The molecular weight excluding hydrogens is 498 g/mol. The Labute approximate surface area is 213 Å². The molecule has 0 spiro atoms. The topological polar surface area (TPSA) is 98.3 Å². The third-order valence-electron chi connectivity index (χ3n) is 6.46. The fraction of sp³-hybridized carbons (Fsp3) is 0.185. The van der Waals surface area contributed by atoms with E-state index < -0.39 is 28.0 Å². The van der Waals surface area contributed by atoms with Gasteiger partial charge in [-0.15, -0.1) is 0 Å². The molecule has 190 valence electrons. The van der Waals surface area contributed by atoms with Crippen LogP contribution in [0.2, 0.25) is 0 Å². The second-order valence-electron chi connectivity index (χ2n) is 8.78. The van der Waals surface area contributed by atoms with Gasteiger partial charge in [-0.1, -0.05) is 43.3 Å². The van der Waals surface area contributed by atoms with Gasteiger partial charge in [0, 0.05) is 17.8 Å². The maximum atomic E-state index is 13.7. The highest BCUT2D eigenvalue weighted by Gasteiger charge is 2.30. The van der Waals surface area contributed by atoms with E-state index in [2.05, 4.69) is 5.10 Å². The Morgan fingerprint density at radius 1 is 1.05 bits per heavy atom. The standard InChI is InChI=1S/C27H24F2N4O3S/c1-2-17-6-5-7-20(14-17)33-24(16-22(31-33)26(28)29)27(34)32-13-12-19-15-18(10-11-23(19)32)21-8-3-4-9-25(21)37(30,35)36/h3-11,14-16,26H,2,12-13H2,1H3,(H2,30,35,36). The molecule has 5 rings (SSSR count). The number of halogens is 2. The van der Waals surface area contributed by atoms with Crippen molar-refractivity contribution in [1.82, 2.24) is 9.78 Å². The van der Waals surface area contributed by atoms with Gasteiger partial charge in [0.1, 0.15) is 11.4 Å². The van der Waals surface area contributed by atoms with Gasteiger partial charge < -0.3 is 4.90 Å². The van der Waals surface area contributed by atoms with E-state index in [4.69, 9.17) is 5.14 Å². The molecule has 3 aromatic carbocycles. The molecule has 2 N–H and O–H groups in total. The van der Waals surface area contributed by atoms with Crippen molar-refractivity contribution < 1.29 is 22.0 Å². The second kappa shape index (κ2) is 9.53. The van der Waals surface area contributed by atoms with Crippen LogP contribution in [0.25, 0.3) is 16.8 Å². The number of amides is 1. The predicted molar refractivity (Wildman–Crippen MR) is 137 cm³/mol. The number of aryl methyl sites for hydroxylation is 1. The molecule has 1 aliphatic rings. The Morgan fingerprint density at radius 3 is 2.57 bits per heavy atom. The molecule has 2 heterocycles. The SMILES string of the molecule is CCc1cccc(-n2nc(C(F)F)cc2C(=O)N2CCc3cc(-c4ccccc4S(N)(=O)=O)ccc32)c1. The summed E-state index contributed by atoms with van der Waals surface area (Å²) in [6.07, 6.45) is -1.56. The Bertz CT molecular complexity index is 1620. The summed E-state index contributed by atoms with van der Waals surface area (Å²) in [6, 6.07) is 20.2. The van der Waals surface area contributed by atoms with Gasteiger partial charge in [-0.2, -0.15) is 5.10 Å². The van der Waals surface area contributed by atoms with Crippen LogP contribution >= 0.6 is 0 Å². The molecule has 0 unspecified atom stereocenters. The Kier molecular flexibility index (Phi) is 6.38. The van der Waals surface area contributed by atoms with E-state index in [1.54, 1.807) is 42.5 Å². The number of hydrogen-bond donors (Lipinski definition) is 1. The van der Waals surface area contributed by atoms with Crippen molar-refractivity contribution in [2.24, 2.45) is 5.14 Å². The van der Waals surface area contributed by atoms with Crippen molar-refractivity contribution >= 4 is 21.6 Å². The summed E-state index contributed by atoms with van der Waals surface area (Å²) in [6.45, 7) is 2.33. The molecule has 0 atom stereocenters. The number of carbonyl (C=O) groups is 1. The summed E-state index contributed by atoms with van der Waals surface area (Å²) >= 11 is 0. The zero-order chi connectivity index (χ0) is 26.3. The molecule has 0 saturated heterocycles. The number of alkyl halides is 2. The van der Waals surface area contributed by atoms with Crippen LogP contribution in [0.3, 0.4) is 0 Å². The summed E-state index contributed by atoms with van der Waals surface area (Å²) in [5.41, 5.74) is 3.68. The molecular formula is C27H24F2N4O3S. The number of aromatic nitrogens is 2. The monoisotopic (exact) mass is 522 g/mol. The van der Waals surface area contributed by atoms with Crippen molar-refractivity contribution in [3.63, 3.8) is 0 Å². The summed E-state index contributed by atoms with van der Waals surface area (Å²) in [5.74, 6) is -0.447. The van der Waals surface area contributed by atoms with Gasteiger partial charge in [-0.05, 0) is 65.9 Å². The first-order chi connectivity index (χ1) is 17.7. The minimum Gasteiger partial charge on any atom is -0.306 e. The van der Waals surface area contributed by atoms with Crippen molar-refractivity contribution in [3.05, 3.63) is 95.3 Å². The van der Waals surface area contributed by atoms with Crippen LogP contribution in [0.1, 0.15) is 40.7 Å². The first kappa shape index (κ1) is 24.8. The second-order valence-corrected chi connectivity index (χ2v) is 10.3. The maximum absolute atomic E-state index is 13.7. The molecule has 0 bridgehead atoms. The Balaban J connectivity index is 1.53. The van der Waals surface area contributed by atoms with Crippen LogP contribution in [0.4, 0.5) is 14.5 Å². The zero-order valence-electron chi connectivity index (χ0n) is 19.9. The molecule has 7 nitrogen and oxygen atoms in total. The van der Waals surface area contributed by atoms with Crippen LogP contribution < -0.4 is 10.0 Å². The molecule has 4 aromatic rings. The Hall–Kier alpha value is -3.89. The van der Waals surface area contributed by atoms with Crippen LogP contribution in [0.5, 0.6) is 0 Å². The lowest BCUT2D eigenvalue weighted by atomic mass is 10.0. The minimum atomic E-state index is -3.93. The third-order valence-corrected chi connectivity index (χ3v) is 7.43. The lowest BCUT2D eigenvalue weighted by Crippen LogP contribution is -2.30. The molecule has 37 heavy (non-hydrogen) atoms. The van der Waals surface area contributed by atoms with Gasteiger partial charge in [-0.25, -0.2) is 27.0 Å². The lowest BCUT2D eigenvalue weighted by molar-refractivity contribution is 0.0982. The smallest absolute Gasteiger partial charge is 0.282 e. The van der Waals surface area contributed by atoms with Crippen molar-refractivity contribution in [1.29, 1.82) is 0 Å². The third kappa shape index (κ3) is 4.65. The van der Waals surface area contributed by atoms with Crippen molar-refractivity contribution in [2.75, 3.05) is 11.4 Å². The highest BCUT2D eigenvalue weighted by atomic mass is 32.2. The fourth-order valence-electron chi connectivity index (χ4n) is 4.64. The number of benzene rings is 3. The number of anilines is 1. The largest absolute Gasteiger partial charge is 0.306 e. The van der Waals surface area contributed by atoms with E-state index in [0.29, 0.717) is 35.5 Å². The number of nitrogens with two attached hydrogens (primary N) is 1. The molecule has 10 heteroatoms. The van der Waals surface area contributed by atoms with Crippen LogP contribution in [-0.4, -0.2) is 30.7 Å². The van der Waals surface area contributed by atoms with E-state index in [-0.39, 0.29) is 10.6 Å². The number of sulfonamides is 1. The fourth-order valence-corrected chi connectivity index (χ4v) is 5.40. The van der Waals surface area contributed by atoms with Crippen LogP contribution in [0.15, 0.2) is 77.7 Å². The predicted octanol–water partition coefficient (Wildman–Crippen LogP) is 4.89. The van der Waals surface area contributed by atoms with E-state index in [1.807, 2.05) is 25.1 Å². The van der Waals surface area contributed by atoms with Gasteiger partial charge in [0.25, 0.3) is 12.3 Å². The normalized spacial score (nSPS) is 13.3. The van der Waals surface area contributed by atoms with E-state index >= 15 is 0 Å². The highest BCUT2D eigenvalue weighted by molar-refractivity contribution is 7.89. The molecule has 0 fully saturated rings. The molecule has 1 aromatic heterocycles. The molecule has 0 radical (unpaired) electrons. The van der Waals surface area contributed by atoms with Gasteiger partial charge in [0.05, 0.1) is 10.6 Å². The molecule has 0 aliphatic carbocycles. The minimum absolute atomic E-state index is 0.0126. The van der Waals surface area contributed by atoms with E-state index in [1.165, 1.54) is 15.6 Å². The zero-order valence-corrected chi connectivity index (χ0v) is 20.8. The van der Waals surface area contributed by atoms with E-state index in [9.17, 15) is 22.0 Å². The number of carbonyl (C=O) groups excluding carboxylic acids is 1. The maximum Gasteiger partial charge on any atom is 0.282 e. The quantitative estimate of drug-likeness (QED) is 0.390. The van der Waals surface area contributed by atoms with Crippen molar-refractivity contribution in [2.45, 2.75) is 31.1 Å². The number of nitrogens with zero attached hydrogens (tertiary/aromatic N) is 3. The van der Waals surface area contributed by atoms with Gasteiger partial charge in [-0.3, -0.25) is 4.79 Å². The number of fused-ring (bicyclic) bond motifs is 1. The average molecular weight is 523 g/mol. The average Bonchev–Trinajstić information content (AvgIpc) is 3.53. The molecule has 1 aliphatic heterocycles. The first-order valence-electron chi connectivity index (χ1n) is 11.7. The summed E-state index contributed by atoms with van der Waals surface area (Å²) in [5, 5.41) is 9.44. The molecule has 1 amide bonds. The van der Waals surface area contributed by atoms with Crippen molar-refractivity contribution in [3.8, 4) is 16.8 Å². The number of rotatable bonds is 6. The van der Waals surface area contributed by atoms with Crippen LogP contribution in [0, 0.1) is 0 Å². The summed E-state index contributed by atoms with van der Waals surface area (Å²) in [4.78, 5) is 15.2. The first-order valence-corrected chi connectivity index (χ1v) is 13.3. The number of primary sulfonamides is 1. The molecule has 0 saturated carbocycles.